The maximum Gasteiger partial charge on any atom is 0.407 e. The fourth-order valence-corrected chi connectivity index (χ4v) is 4.07. The molecule has 0 spiro atoms. The molecule has 22 heavy (non-hydrogen) atoms. The van der Waals surface area contributed by atoms with Gasteiger partial charge in [-0.05, 0) is 24.7 Å². The van der Waals surface area contributed by atoms with E-state index < -0.39 is 12.1 Å². The number of nitrogens with zero attached hydrogens (tertiary/aromatic N) is 1. The Morgan fingerprint density at radius 2 is 1.86 bits per heavy atom. The van der Waals surface area contributed by atoms with Crippen molar-refractivity contribution in [2.24, 2.45) is 17.8 Å². The van der Waals surface area contributed by atoms with E-state index in [1.807, 2.05) is 18.7 Å². The SMILES string of the molecule is COC(=O)N[C@H](C(=O)N1[C@H]2C[C@H]([C@H](O)C2)[C@H]1C(C)C)C(C)C. The fraction of sp³-hybridized carbons (Fsp3) is 0.875. The van der Waals surface area contributed by atoms with Crippen molar-refractivity contribution in [3.8, 4) is 0 Å². The van der Waals surface area contributed by atoms with Crippen LogP contribution in [-0.4, -0.2) is 53.3 Å². The van der Waals surface area contributed by atoms with Gasteiger partial charge in [0.05, 0.1) is 13.2 Å². The summed E-state index contributed by atoms with van der Waals surface area (Å²) in [6.45, 7) is 7.98. The molecule has 1 saturated carbocycles. The molecule has 2 aliphatic rings. The lowest BCUT2D eigenvalue weighted by Gasteiger charge is -2.42. The molecule has 0 aromatic rings. The third kappa shape index (κ3) is 2.93. The molecule has 1 heterocycles. The summed E-state index contributed by atoms with van der Waals surface area (Å²) in [4.78, 5) is 26.5. The number of hydrogen-bond donors (Lipinski definition) is 2. The first kappa shape index (κ1) is 17.1. The minimum Gasteiger partial charge on any atom is -0.453 e. The Hall–Kier alpha value is -1.30. The smallest absolute Gasteiger partial charge is 0.407 e. The van der Waals surface area contributed by atoms with E-state index in [1.54, 1.807) is 0 Å². The van der Waals surface area contributed by atoms with Gasteiger partial charge in [0.25, 0.3) is 0 Å². The van der Waals surface area contributed by atoms with Crippen LogP contribution in [0.3, 0.4) is 0 Å². The van der Waals surface area contributed by atoms with E-state index in [0.29, 0.717) is 6.42 Å². The molecular weight excluding hydrogens is 284 g/mol. The van der Waals surface area contributed by atoms with Gasteiger partial charge in [-0.15, -0.1) is 0 Å². The van der Waals surface area contributed by atoms with Gasteiger partial charge in [-0.1, -0.05) is 27.7 Å². The number of piperidine rings is 1. The first-order valence-electron chi connectivity index (χ1n) is 8.12. The maximum atomic E-state index is 13.0. The minimum atomic E-state index is -0.592. The highest BCUT2D eigenvalue weighted by molar-refractivity contribution is 5.86. The first-order chi connectivity index (χ1) is 10.3. The zero-order valence-corrected chi connectivity index (χ0v) is 14.1. The molecule has 2 amide bonds. The van der Waals surface area contributed by atoms with E-state index >= 15 is 0 Å². The summed E-state index contributed by atoms with van der Waals surface area (Å²) in [5.74, 6) is 0.349. The number of rotatable bonds is 4. The summed E-state index contributed by atoms with van der Waals surface area (Å²) in [6.07, 6.45) is 0.603. The second-order valence-corrected chi connectivity index (χ2v) is 7.19. The predicted molar refractivity (Wildman–Crippen MR) is 82.2 cm³/mol. The van der Waals surface area contributed by atoms with Gasteiger partial charge >= 0.3 is 6.09 Å². The first-order valence-corrected chi connectivity index (χ1v) is 8.12. The Labute approximate surface area is 132 Å². The van der Waals surface area contributed by atoms with E-state index in [0.717, 1.165) is 6.42 Å². The summed E-state index contributed by atoms with van der Waals surface area (Å²) in [6, 6.07) is -0.465. The highest BCUT2D eigenvalue weighted by Gasteiger charge is 2.54. The number of nitrogens with one attached hydrogen (secondary N) is 1. The van der Waals surface area contributed by atoms with Crippen LogP contribution in [0.2, 0.25) is 0 Å². The summed E-state index contributed by atoms with van der Waals surface area (Å²) in [7, 11) is 1.29. The van der Waals surface area contributed by atoms with E-state index in [-0.39, 0.29) is 41.8 Å². The largest absolute Gasteiger partial charge is 0.453 e. The quantitative estimate of drug-likeness (QED) is 0.822. The molecular formula is C16H28N2O4. The Morgan fingerprint density at radius 1 is 1.23 bits per heavy atom. The number of carbonyl (C=O) groups is 2. The van der Waals surface area contributed by atoms with E-state index in [4.69, 9.17) is 0 Å². The molecule has 1 aliphatic heterocycles. The lowest BCUT2D eigenvalue weighted by Crippen LogP contribution is -2.58. The van der Waals surface area contributed by atoms with Crippen LogP contribution in [0.4, 0.5) is 4.79 Å². The molecule has 6 nitrogen and oxygen atoms in total. The van der Waals surface area contributed by atoms with E-state index in [1.165, 1.54) is 7.11 Å². The fourth-order valence-electron chi connectivity index (χ4n) is 4.07. The number of likely N-dealkylation sites (tertiary alicyclic amines) is 1. The maximum absolute atomic E-state index is 13.0. The van der Waals surface area contributed by atoms with Gasteiger partial charge in [0.2, 0.25) is 5.91 Å². The lowest BCUT2D eigenvalue weighted by atomic mass is 9.87. The standard InChI is InChI=1S/C16H28N2O4/c1-8(2)13(17-16(21)22-5)15(20)18-10-6-11(12(19)7-10)14(18)9(3)4/h8-14,19H,6-7H2,1-5H3,(H,17,21)/t10-,11+,12+,13-,14+/m0/s1. The molecule has 5 atom stereocenters. The predicted octanol–water partition coefficient (Wildman–Crippen LogP) is 1.37. The van der Waals surface area contributed by atoms with Crippen LogP contribution in [0.25, 0.3) is 0 Å². The molecule has 2 bridgehead atoms. The highest BCUT2D eigenvalue weighted by atomic mass is 16.5. The van der Waals surface area contributed by atoms with Crippen molar-refractivity contribution in [3.05, 3.63) is 0 Å². The second kappa shape index (κ2) is 6.44. The molecule has 2 fully saturated rings. The number of alkyl carbamates (subject to hydrolysis) is 1. The molecule has 0 aromatic carbocycles. The lowest BCUT2D eigenvalue weighted by molar-refractivity contribution is -0.142. The topological polar surface area (TPSA) is 78.9 Å². The van der Waals surface area contributed by atoms with Gasteiger partial charge in [0.15, 0.2) is 0 Å². The van der Waals surface area contributed by atoms with Crippen molar-refractivity contribution >= 4 is 12.0 Å². The number of ether oxygens (including phenoxy) is 1. The number of methoxy groups -OCH3 is 1. The summed E-state index contributed by atoms with van der Waals surface area (Å²) >= 11 is 0. The van der Waals surface area contributed by atoms with Gasteiger partial charge in [-0.2, -0.15) is 0 Å². The normalized spacial score (nSPS) is 31.7. The summed E-state index contributed by atoms with van der Waals surface area (Å²) < 4.78 is 4.64. The molecule has 2 rings (SSSR count). The van der Waals surface area contributed by atoms with E-state index in [9.17, 15) is 14.7 Å². The molecule has 1 aliphatic carbocycles. The summed E-state index contributed by atoms with van der Waals surface area (Å²) in [5, 5.41) is 12.8. The Morgan fingerprint density at radius 3 is 2.36 bits per heavy atom. The van der Waals surface area contributed by atoms with Crippen molar-refractivity contribution in [2.75, 3.05) is 7.11 Å². The van der Waals surface area contributed by atoms with Gasteiger partial charge in [-0.3, -0.25) is 4.79 Å². The zero-order chi connectivity index (χ0) is 16.6. The molecule has 0 aromatic heterocycles. The number of aliphatic hydroxyl groups is 1. The Bertz CT molecular complexity index is 438. The van der Waals surface area contributed by atoms with Crippen LogP contribution >= 0.6 is 0 Å². The van der Waals surface area contributed by atoms with E-state index in [2.05, 4.69) is 23.9 Å². The van der Waals surface area contributed by atoms with Crippen LogP contribution in [0.1, 0.15) is 40.5 Å². The number of hydrogen-bond acceptors (Lipinski definition) is 4. The van der Waals surface area contributed by atoms with Crippen LogP contribution < -0.4 is 5.32 Å². The van der Waals surface area contributed by atoms with Crippen LogP contribution in [0, 0.1) is 17.8 Å². The summed E-state index contributed by atoms with van der Waals surface area (Å²) in [5.41, 5.74) is 0. The van der Waals surface area contributed by atoms with Crippen molar-refractivity contribution < 1.29 is 19.4 Å². The third-order valence-corrected chi connectivity index (χ3v) is 5.03. The highest BCUT2D eigenvalue weighted by Crippen LogP contribution is 2.45. The second-order valence-electron chi connectivity index (χ2n) is 7.19. The van der Waals surface area contributed by atoms with Crippen LogP contribution in [0.5, 0.6) is 0 Å². The zero-order valence-electron chi connectivity index (χ0n) is 14.1. The van der Waals surface area contributed by atoms with Gasteiger partial charge < -0.3 is 20.1 Å². The third-order valence-electron chi connectivity index (χ3n) is 5.03. The molecule has 1 saturated heterocycles. The molecule has 2 N–H and O–H groups in total. The van der Waals surface area contributed by atoms with Crippen LogP contribution in [0.15, 0.2) is 0 Å². The molecule has 126 valence electrons. The average Bonchev–Trinajstić information content (AvgIpc) is 2.99. The van der Waals surface area contributed by atoms with Crippen molar-refractivity contribution in [2.45, 2.75) is 64.8 Å². The average molecular weight is 312 g/mol. The number of aliphatic hydroxyl groups excluding tert-OH is 1. The van der Waals surface area contributed by atoms with Crippen molar-refractivity contribution in [1.82, 2.24) is 10.2 Å². The molecule has 6 heteroatoms. The monoisotopic (exact) mass is 312 g/mol. The van der Waals surface area contributed by atoms with Crippen molar-refractivity contribution in [1.29, 1.82) is 0 Å². The number of amides is 2. The number of fused-ring (bicyclic) bond motifs is 2. The minimum absolute atomic E-state index is 0.0246. The van der Waals surface area contributed by atoms with Gasteiger partial charge in [0.1, 0.15) is 6.04 Å². The molecule has 0 radical (unpaired) electrons. The van der Waals surface area contributed by atoms with Gasteiger partial charge in [0, 0.05) is 18.0 Å². The number of carbonyl (C=O) groups excluding carboxylic acids is 2. The van der Waals surface area contributed by atoms with Crippen LogP contribution in [-0.2, 0) is 9.53 Å². The van der Waals surface area contributed by atoms with Crippen molar-refractivity contribution in [3.63, 3.8) is 0 Å². The molecule has 0 unspecified atom stereocenters. The Balaban J connectivity index is 2.20. The Kier molecular flexibility index (Phi) is 5.00. The van der Waals surface area contributed by atoms with Gasteiger partial charge in [-0.25, -0.2) is 4.79 Å².